The van der Waals surface area contributed by atoms with E-state index in [9.17, 15) is 9.59 Å². The number of thioether (sulfide) groups is 1. The van der Waals surface area contributed by atoms with Crippen molar-refractivity contribution in [3.05, 3.63) is 39.0 Å². The zero-order chi connectivity index (χ0) is 20.0. The molecule has 148 valence electrons. The van der Waals surface area contributed by atoms with Crippen LogP contribution in [0.2, 0.25) is 0 Å². The van der Waals surface area contributed by atoms with Gasteiger partial charge in [0.25, 0.3) is 11.5 Å². The fourth-order valence-corrected chi connectivity index (χ4v) is 4.72. The van der Waals surface area contributed by atoms with E-state index >= 15 is 0 Å². The summed E-state index contributed by atoms with van der Waals surface area (Å²) in [5, 5.41) is 3.59. The first-order valence-electron chi connectivity index (χ1n) is 9.46. The van der Waals surface area contributed by atoms with Gasteiger partial charge in [0.15, 0.2) is 11.3 Å². The van der Waals surface area contributed by atoms with Crippen LogP contribution >= 0.6 is 27.7 Å². The number of rotatable bonds is 6. The highest BCUT2D eigenvalue weighted by molar-refractivity contribution is 9.10. The van der Waals surface area contributed by atoms with E-state index in [0.29, 0.717) is 35.7 Å². The van der Waals surface area contributed by atoms with Crippen LogP contribution in [-0.4, -0.2) is 32.7 Å². The normalized spacial score (nSPS) is 14.3. The van der Waals surface area contributed by atoms with Crippen LogP contribution in [0.5, 0.6) is 0 Å². The third kappa shape index (κ3) is 3.48. The van der Waals surface area contributed by atoms with Crippen molar-refractivity contribution in [3.8, 4) is 0 Å². The average Bonchev–Trinajstić information content (AvgIpc) is 3.39. The lowest BCUT2D eigenvalue weighted by atomic mass is 10.2. The molecule has 1 aromatic carbocycles. The van der Waals surface area contributed by atoms with Crippen molar-refractivity contribution in [2.24, 2.45) is 11.8 Å². The summed E-state index contributed by atoms with van der Waals surface area (Å²) in [4.78, 5) is 31.6. The number of carbonyl (C=O) groups is 1. The standard InChI is InChI=1S/C20H23BrN4O2S/c1-11(2)9-24-19-16(18(26)22-8-12-4-5-12)23-10-25(19)17-14(20(24)27)6-13(28-3)7-15(17)21/h6-7,10-12H,4-5,8-9H2,1-3H3,(H,22,26). The first-order chi connectivity index (χ1) is 13.4. The summed E-state index contributed by atoms with van der Waals surface area (Å²) in [5.74, 6) is 0.613. The number of benzene rings is 1. The van der Waals surface area contributed by atoms with E-state index < -0.39 is 0 Å². The van der Waals surface area contributed by atoms with E-state index in [-0.39, 0.29) is 17.4 Å². The SMILES string of the molecule is CSc1cc(Br)c2c(c1)c(=O)n(CC(C)C)c1c(C(=O)NCC3CC3)ncn21. The van der Waals surface area contributed by atoms with Gasteiger partial charge in [-0.1, -0.05) is 13.8 Å². The molecule has 0 atom stereocenters. The van der Waals surface area contributed by atoms with Gasteiger partial charge in [0.2, 0.25) is 0 Å². The first-order valence-corrected chi connectivity index (χ1v) is 11.5. The second-order valence-electron chi connectivity index (χ2n) is 7.76. The Morgan fingerprint density at radius 1 is 1.39 bits per heavy atom. The van der Waals surface area contributed by atoms with Gasteiger partial charge in [-0.3, -0.25) is 18.6 Å². The second kappa shape index (κ2) is 7.55. The van der Waals surface area contributed by atoms with Crippen molar-refractivity contribution in [2.45, 2.75) is 38.1 Å². The largest absolute Gasteiger partial charge is 0.350 e. The van der Waals surface area contributed by atoms with Crippen molar-refractivity contribution < 1.29 is 4.79 Å². The molecule has 0 saturated heterocycles. The van der Waals surface area contributed by atoms with Crippen molar-refractivity contribution in [1.82, 2.24) is 19.3 Å². The summed E-state index contributed by atoms with van der Waals surface area (Å²) >= 11 is 5.20. The number of nitrogens with zero attached hydrogens (tertiary/aromatic N) is 3. The molecule has 2 heterocycles. The van der Waals surface area contributed by atoms with Gasteiger partial charge >= 0.3 is 0 Å². The minimum Gasteiger partial charge on any atom is -0.350 e. The number of aromatic nitrogens is 3. The summed E-state index contributed by atoms with van der Waals surface area (Å²) in [6, 6.07) is 3.90. The summed E-state index contributed by atoms with van der Waals surface area (Å²) in [5.41, 5.74) is 1.51. The minimum absolute atomic E-state index is 0.0930. The number of halogens is 1. The number of hydrogen-bond donors (Lipinski definition) is 1. The molecule has 0 bridgehead atoms. The predicted molar refractivity (Wildman–Crippen MR) is 116 cm³/mol. The summed E-state index contributed by atoms with van der Waals surface area (Å²) in [6.45, 7) is 5.31. The highest BCUT2D eigenvalue weighted by atomic mass is 79.9. The molecule has 1 N–H and O–H groups in total. The molecule has 4 rings (SSSR count). The van der Waals surface area contributed by atoms with Crippen LogP contribution < -0.4 is 10.9 Å². The molecular formula is C20H23BrN4O2S. The smallest absolute Gasteiger partial charge is 0.273 e. The molecule has 0 aliphatic heterocycles. The Balaban J connectivity index is 1.98. The molecule has 8 heteroatoms. The van der Waals surface area contributed by atoms with Gasteiger partial charge in [-0.15, -0.1) is 11.8 Å². The molecule has 0 unspecified atom stereocenters. The fourth-order valence-electron chi connectivity index (χ4n) is 3.44. The van der Waals surface area contributed by atoms with Gasteiger partial charge in [-0.25, -0.2) is 4.98 Å². The predicted octanol–water partition coefficient (Wildman–Crippen LogP) is 3.93. The number of amides is 1. The van der Waals surface area contributed by atoms with Crippen LogP contribution in [0.4, 0.5) is 0 Å². The Kier molecular flexibility index (Phi) is 5.26. The van der Waals surface area contributed by atoms with Gasteiger partial charge in [-0.05, 0) is 59.0 Å². The second-order valence-corrected chi connectivity index (χ2v) is 9.49. The van der Waals surface area contributed by atoms with E-state index in [1.54, 1.807) is 22.7 Å². The lowest BCUT2D eigenvalue weighted by molar-refractivity contribution is 0.0948. The number of carbonyl (C=O) groups excluding carboxylic acids is 1. The lowest BCUT2D eigenvalue weighted by Crippen LogP contribution is -2.29. The molecule has 0 spiro atoms. The van der Waals surface area contributed by atoms with Crippen molar-refractivity contribution >= 4 is 50.1 Å². The van der Waals surface area contributed by atoms with Crippen LogP contribution in [-0.2, 0) is 6.54 Å². The lowest BCUT2D eigenvalue weighted by Gasteiger charge is -2.16. The number of hydrogen-bond acceptors (Lipinski definition) is 4. The summed E-state index contributed by atoms with van der Waals surface area (Å²) < 4.78 is 4.37. The van der Waals surface area contributed by atoms with E-state index in [1.165, 1.54) is 0 Å². The minimum atomic E-state index is -0.220. The highest BCUT2D eigenvalue weighted by Gasteiger charge is 2.25. The van der Waals surface area contributed by atoms with E-state index in [2.05, 4.69) is 40.1 Å². The van der Waals surface area contributed by atoms with Gasteiger partial charge < -0.3 is 5.32 Å². The van der Waals surface area contributed by atoms with Crippen LogP contribution in [0.15, 0.2) is 32.6 Å². The quantitative estimate of drug-likeness (QED) is 0.563. The summed E-state index contributed by atoms with van der Waals surface area (Å²) in [6.07, 6.45) is 5.96. The van der Waals surface area contributed by atoms with E-state index in [0.717, 1.165) is 27.7 Å². The molecule has 0 radical (unpaired) electrons. The number of fused-ring (bicyclic) bond motifs is 3. The Labute approximate surface area is 175 Å². The van der Waals surface area contributed by atoms with Crippen molar-refractivity contribution in [3.63, 3.8) is 0 Å². The van der Waals surface area contributed by atoms with Gasteiger partial charge in [0.1, 0.15) is 6.33 Å². The van der Waals surface area contributed by atoms with Gasteiger partial charge in [0, 0.05) is 22.5 Å². The Bertz CT molecular complexity index is 1130. The maximum absolute atomic E-state index is 13.4. The Morgan fingerprint density at radius 3 is 2.79 bits per heavy atom. The van der Waals surface area contributed by atoms with E-state index in [1.807, 2.05) is 22.8 Å². The Morgan fingerprint density at radius 2 is 2.14 bits per heavy atom. The molecule has 1 aliphatic carbocycles. The number of nitrogens with one attached hydrogen (secondary N) is 1. The zero-order valence-electron chi connectivity index (χ0n) is 16.2. The molecular weight excluding hydrogens is 440 g/mol. The maximum Gasteiger partial charge on any atom is 0.273 e. The molecule has 6 nitrogen and oxygen atoms in total. The van der Waals surface area contributed by atoms with Crippen LogP contribution in [0.1, 0.15) is 37.2 Å². The van der Waals surface area contributed by atoms with Gasteiger partial charge in [-0.2, -0.15) is 0 Å². The fraction of sp³-hybridized carbons (Fsp3) is 0.450. The maximum atomic E-state index is 13.4. The van der Waals surface area contributed by atoms with Crippen molar-refractivity contribution in [2.75, 3.05) is 12.8 Å². The molecule has 2 aromatic heterocycles. The average molecular weight is 463 g/mol. The third-order valence-electron chi connectivity index (χ3n) is 5.00. The highest BCUT2D eigenvalue weighted by Crippen LogP contribution is 2.30. The van der Waals surface area contributed by atoms with Crippen molar-refractivity contribution in [1.29, 1.82) is 0 Å². The first kappa shape index (κ1) is 19.5. The molecule has 1 aliphatic rings. The monoisotopic (exact) mass is 462 g/mol. The number of imidazole rings is 1. The Hall–Kier alpha value is -1.80. The molecule has 28 heavy (non-hydrogen) atoms. The third-order valence-corrected chi connectivity index (χ3v) is 6.31. The molecule has 1 fully saturated rings. The van der Waals surface area contributed by atoms with E-state index in [4.69, 9.17) is 0 Å². The summed E-state index contributed by atoms with van der Waals surface area (Å²) in [7, 11) is 0. The molecule has 3 aromatic rings. The zero-order valence-corrected chi connectivity index (χ0v) is 18.6. The molecule has 1 amide bonds. The van der Waals surface area contributed by atoms with Crippen LogP contribution in [0.25, 0.3) is 16.6 Å². The topological polar surface area (TPSA) is 68.4 Å². The van der Waals surface area contributed by atoms with Crippen LogP contribution in [0.3, 0.4) is 0 Å². The molecule has 1 saturated carbocycles. The van der Waals surface area contributed by atoms with Gasteiger partial charge in [0.05, 0.1) is 10.9 Å². The van der Waals surface area contributed by atoms with Crippen LogP contribution in [0, 0.1) is 11.8 Å².